The summed E-state index contributed by atoms with van der Waals surface area (Å²) in [4.78, 5) is 4.91. The van der Waals surface area contributed by atoms with E-state index in [2.05, 4.69) is 25.2 Å². The van der Waals surface area contributed by atoms with Crippen LogP contribution < -0.4 is 0 Å². The molecule has 0 saturated heterocycles. The summed E-state index contributed by atoms with van der Waals surface area (Å²) < 4.78 is 0. The van der Waals surface area contributed by atoms with Crippen molar-refractivity contribution in [3.8, 4) is 0 Å². The Morgan fingerprint density at radius 1 is 1.15 bits per heavy atom. The van der Waals surface area contributed by atoms with Crippen molar-refractivity contribution in [3.63, 3.8) is 0 Å². The van der Waals surface area contributed by atoms with Crippen molar-refractivity contribution < 1.29 is 47.0 Å². The van der Waals surface area contributed by atoms with Gasteiger partial charge in [0.25, 0.3) is 0 Å². The number of nitrogens with zero attached hydrogens (tertiary/aromatic N) is 1. The quantitative estimate of drug-likeness (QED) is 0.314. The fourth-order valence-corrected chi connectivity index (χ4v) is 0.363. The van der Waals surface area contributed by atoms with Gasteiger partial charge in [0.1, 0.15) is 6.10 Å². The van der Waals surface area contributed by atoms with E-state index >= 15 is 0 Å². The van der Waals surface area contributed by atoms with E-state index in [-0.39, 0.29) is 55.7 Å². The largest absolute Gasteiger partial charge is 0.430 e. The molecule has 0 bridgehead atoms. The van der Waals surface area contributed by atoms with E-state index in [0.717, 1.165) is 6.42 Å². The van der Waals surface area contributed by atoms with Gasteiger partial charge in [0.15, 0.2) is 0 Å². The second kappa shape index (κ2) is 15.3. The molecule has 0 radical (unpaired) electrons. The summed E-state index contributed by atoms with van der Waals surface area (Å²) in [6, 6.07) is 0. The standard InChI is InChI=1S/C8H16NO.CH4.2W/c1-7(2)5-6-9-10-8(3)4;;;/h7-8H,5H2,1-4H3;1H4;;/q-1;;;. The van der Waals surface area contributed by atoms with Gasteiger partial charge in [0.05, 0.1) is 0 Å². The van der Waals surface area contributed by atoms with Gasteiger partial charge in [-0.25, -0.2) is 0 Å². The Morgan fingerprint density at radius 2 is 1.62 bits per heavy atom. The van der Waals surface area contributed by atoms with Crippen LogP contribution in [0.4, 0.5) is 0 Å². The molecule has 0 spiro atoms. The van der Waals surface area contributed by atoms with Crippen LogP contribution in [0, 0.1) is 5.92 Å². The normalized spacial score (nSPS) is 9.08. The van der Waals surface area contributed by atoms with Gasteiger partial charge in [-0.05, 0) is 13.8 Å². The Kier molecular flexibility index (Phi) is 27.8. The number of hydrogen-bond acceptors (Lipinski definition) is 2. The summed E-state index contributed by atoms with van der Waals surface area (Å²) in [5.41, 5.74) is 0. The van der Waals surface area contributed by atoms with Crippen molar-refractivity contribution in [2.75, 3.05) is 0 Å². The van der Waals surface area contributed by atoms with Crippen molar-refractivity contribution in [3.05, 3.63) is 0 Å². The van der Waals surface area contributed by atoms with Gasteiger partial charge in [-0.1, -0.05) is 27.2 Å². The minimum absolute atomic E-state index is 0. The molecule has 0 saturated carbocycles. The van der Waals surface area contributed by atoms with Gasteiger partial charge in [-0.15, -0.1) is 0 Å². The molecule has 0 unspecified atom stereocenters. The maximum Gasteiger partial charge on any atom is 0.117 e. The maximum atomic E-state index is 4.91. The Morgan fingerprint density at radius 3 is 1.92 bits per heavy atom. The van der Waals surface area contributed by atoms with Crippen molar-refractivity contribution in [2.45, 2.75) is 47.6 Å². The first-order valence-corrected chi connectivity index (χ1v) is 3.71. The summed E-state index contributed by atoms with van der Waals surface area (Å²) in [5, 5.41) is 3.66. The molecule has 0 N–H and O–H groups in total. The Hall–Kier alpha value is 0.847. The van der Waals surface area contributed by atoms with Crippen molar-refractivity contribution >= 4 is 6.21 Å². The third-order valence-corrected chi connectivity index (χ3v) is 0.828. The van der Waals surface area contributed by atoms with Crippen molar-refractivity contribution in [1.29, 1.82) is 0 Å². The first-order chi connectivity index (χ1) is 4.63. The smallest absolute Gasteiger partial charge is 0.117 e. The van der Waals surface area contributed by atoms with E-state index in [4.69, 9.17) is 4.84 Å². The molecule has 0 atom stereocenters. The first kappa shape index (κ1) is 23.6. The van der Waals surface area contributed by atoms with Gasteiger partial charge in [0.2, 0.25) is 0 Å². The molecule has 0 aliphatic rings. The predicted molar refractivity (Wildman–Crippen MR) is 49.8 cm³/mol. The molecule has 0 aromatic heterocycles. The zero-order valence-corrected chi connectivity index (χ0v) is 13.9. The summed E-state index contributed by atoms with van der Waals surface area (Å²) in [5.74, 6) is 0.611. The molecule has 0 aromatic carbocycles. The SMILES string of the molecule is C.CC(C)C[C-]=NOC(C)C.[W].[W]. The Balaban J connectivity index is -0.000000135. The minimum atomic E-state index is 0. The van der Waals surface area contributed by atoms with Crippen LogP contribution >= 0.6 is 0 Å². The van der Waals surface area contributed by atoms with E-state index in [1.807, 2.05) is 13.8 Å². The van der Waals surface area contributed by atoms with E-state index in [1.165, 1.54) is 0 Å². The fraction of sp³-hybridized carbons (Fsp3) is 0.889. The average molecular weight is 526 g/mol. The zero-order chi connectivity index (χ0) is 7.98. The number of rotatable bonds is 4. The van der Waals surface area contributed by atoms with Crippen LogP contribution in [0.15, 0.2) is 5.16 Å². The van der Waals surface area contributed by atoms with Gasteiger partial charge >= 0.3 is 0 Å². The molecule has 0 aliphatic heterocycles. The van der Waals surface area contributed by atoms with E-state index in [0.29, 0.717) is 5.92 Å². The molecule has 0 fully saturated rings. The Bertz CT molecular complexity index is 93.8. The minimum Gasteiger partial charge on any atom is -0.430 e. The predicted octanol–water partition coefficient (Wildman–Crippen LogP) is 2.95. The first-order valence-electron chi connectivity index (χ1n) is 3.71. The van der Waals surface area contributed by atoms with Crippen LogP contribution in [0.5, 0.6) is 0 Å². The van der Waals surface area contributed by atoms with E-state index in [9.17, 15) is 0 Å². The molecule has 0 heterocycles. The molecular weight excluding hydrogens is 506 g/mol. The molecule has 13 heavy (non-hydrogen) atoms. The second-order valence-electron chi connectivity index (χ2n) is 3.00. The third kappa shape index (κ3) is 24.5. The monoisotopic (exact) mass is 526 g/mol. The van der Waals surface area contributed by atoms with Crippen molar-refractivity contribution in [2.24, 2.45) is 11.1 Å². The summed E-state index contributed by atoms with van der Waals surface area (Å²) in [7, 11) is 0. The second-order valence-corrected chi connectivity index (χ2v) is 3.00. The molecule has 0 amide bonds. The molecule has 2 nitrogen and oxygen atoms in total. The van der Waals surface area contributed by atoms with Gasteiger partial charge in [-0.2, -0.15) is 6.42 Å². The fourth-order valence-electron chi connectivity index (χ4n) is 0.363. The van der Waals surface area contributed by atoms with Crippen LogP contribution in [-0.4, -0.2) is 12.3 Å². The van der Waals surface area contributed by atoms with Crippen LogP contribution in [-0.2, 0) is 47.0 Å². The van der Waals surface area contributed by atoms with Gasteiger partial charge in [-0.3, -0.25) is 0 Å². The molecule has 0 aromatic rings. The summed E-state index contributed by atoms with van der Waals surface area (Å²) >= 11 is 0. The third-order valence-electron chi connectivity index (χ3n) is 0.828. The van der Waals surface area contributed by atoms with Crippen LogP contribution in [0.25, 0.3) is 0 Å². The maximum absolute atomic E-state index is 4.91. The van der Waals surface area contributed by atoms with Gasteiger partial charge in [0, 0.05) is 42.1 Å². The summed E-state index contributed by atoms with van der Waals surface area (Å²) in [6.45, 7) is 8.14. The topological polar surface area (TPSA) is 21.6 Å². The molecular formula is C9H20NOW2-. The van der Waals surface area contributed by atoms with Crippen LogP contribution in [0.1, 0.15) is 41.5 Å². The molecule has 80 valence electrons. The van der Waals surface area contributed by atoms with E-state index < -0.39 is 0 Å². The van der Waals surface area contributed by atoms with Crippen LogP contribution in [0.2, 0.25) is 0 Å². The molecule has 4 heteroatoms. The van der Waals surface area contributed by atoms with Crippen LogP contribution in [0.3, 0.4) is 0 Å². The van der Waals surface area contributed by atoms with E-state index in [1.54, 1.807) is 0 Å². The van der Waals surface area contributed by atoms with Crippen molar-refractivity contribution in [1.82, 2.24) is 0 Å². The molecule has 0 aliphatic carbocycles. The average Bonchev–Trinajstić information content (AvgIpc) is 1.79. The Labute approximate surface area is 111 Å². The molecule has 0 rings (SSSR count). The number of hydrogen-bond donors (Lipinski definition) is 0. The van der Waals surface area contributed by atoms with Gasteiger partial charge < -0.3 is 16.2 Å². The zero-order valence-electron chi connectivity index (χ0n) is 8.03. The summed E-state index contributed by atoms with van der Waals surface area (Å²) in [6.07, 6.45) is 3.85.